The molecule has 0 aromatic rings. The van der Waals surface area contributed by atoms with Gasteiger partial charge in [-0.25, -0.2) is 0 Å². The van der Waals surface area contributed by atoms with Gasteiger partial charge in [0, 0.05) is 0 Å². The van der Waals surface area contributed by atoms with Crippen molar-refractivity contribution in [1.82, 2.24) is 4.67 Å². The molecule has 0 aromatic carbocycles. The summed E-state index contributed by atoms with van der Waals surface area (Å²) in [5.74, 6) is 0. The third-order valence-electron chi connectivity index (χ3n) is 0.989. The maximum atomic E-state index is 2.34. The van der Waals surface area contributed by atoms with Crippen LogP contribution in [0.1, 0.15) is 0 Å². The molecule has 0 radical (unpaired) electrons. The topological polar surface area (TPSA) is 3.24 Å². The van der Waals surface area contributed by atoms with E-state index in [2.05, 4.69) is 18.8 Å². The Kier molecular flexibility index (Phi) is 1.12. The molecule has 1 rings (SSSR count). The zero-order chi connectivity index (χ0) is 4.57. The van der Waals surface area contributed by atoms with Gasteiger partial charge in [0.15, 0.2) is 0 Å². The molecule has 0 atom stereocenters. The molecule has 0 aromatic heterocycles. The quantitative estimate of drug-likeness (QED) is 0.447. The first-order chi connectivity index (χ1) is 2.80. The van der Waals surface area contributed by atoms with Gasteiger partial charge in [0.1, 0.15) is 0 Å². The van der Waals surface area contributed by atoms with Gasteiger partial charge in [-0.3, -0.25) is 4.67 Å². The van der Waals surface area contributed by atoms with E-state index >= 15 is 0 Å². The summed E-state index contributed by atoms with van der Waals surface area (Å²) >= 11 is 0. The van der Waals surface area contributed by atoms with E-state index in [4.69, 9.17) is 0 Å². The van der Waals surface area contributed by atoms with Crippen molar-refractivity contribution in [3.63, 3.8) is 0 Å². The van der Waals surface area contributed by atoms with Crippen LogP contribution in [-0.2, 0) is 0 Å². The average molecular weight is 103 g/mol. The van der Waals surface area contributed by atoms with Gasteiger partial charge in [0.25, 0.3) is 0 Å². The Balaban J connectivity index is 2.13. The second kappa shape index (κ2) is 1.48. The summed E-state index contributed by atoms with van der Waals surface area (Å²) in [6.45, 7) is 0. The van der Waals surface area contributed by atoms with Gasteiger partial charge < -0.3 is 0 Å². The number of rotatable bonds is 1. The SMILES string of the molecule is CN(C)P1CC1. The van der Waals surface area contributed by atoms with E-state index in [1.165, 1.54) is 12.3 Å². The number of hydrogen-bond donors (Lipinski definition) is 0. The van der Waals surface area contributed by atoms with Crippen LogP contribution in [0.25, 0.3) is 0 Å². The molecule has 1 nitrogen and oxygen atoms in total. The summed E-state index contributed by atoms with van der Waals surface area (Å²) in [4.78, 5) is 0. The molecule has 0 saturated carbocycles. The maximum absolute atomic E-state index is 2.34. The van der Waals surface area contributed by atoms with Crippen molar-refractivity contribution in [2.75, 3.05) is 26.4 Å². The van der Waals surface area contributed by atoms with E-state index in [-0.39, 0.29) is 0 Å². The van der Waals surface area contributed by atoms with Crippen molar-refractivity contribution < 1.29 is 0 Å². The molecule has 0 unspecified atom stereocenters. The second-order valence-electron chi connectivity index (χ2n) is 1.80. The predicted octanol–water partition coefficient (Wildman–Crippen LogP) is 0.958. The molecule has 0 amide bonds. The minimum absolute atomic E-state index is 0.424. The lowest BCUT2D eigenvalue weighted by Crippen LogP contribution is -1.95. The van der Waals surface area contributed by atoms with Crippen LogP contribution in [0.5, 0.6) is 0 Å². The van der Waals surface area contributed by atoms with E-state index in [9.17, 15) is 0 Å². The minimum atomic E-state index is 0.424. The molecule has 0 aliphatic carbocycles. The molecule has 0 N–H and O–H groups in total. The van der Waals surface area contributed by atoms with E-state index < -0.39 is 0 Å². The highest BCUT2D eigenvalue weighted by Crippen LogP contribution is 2.51. The Morgan fingerprint density at radius 2 is 1.83 bits per heavy atom. The number of nitrogens with zero attached hydrogens (tertiary/aromatic N) is 1. The van der Waals surface area contributed by atoms with Gasteiger partial charge in [-0.1, -0.05) is 0 Å². The molecule has 0 bridgehead atoms. The molecule has 1 fully saturated rings. The van der Waals surface area contributed by atoms with E-state index in [1.54, 1.807) is 0 Å². The lowest BCUT2D eigenvalue weighted by atomic mass is 11.0. The van der Waals surface area contributed by atoms with Crippen molar-refractivity contribution in [3.8, 4) is 0 Å². The van der Waals surface area contributed by atoms with Crippen LogP contribution in [0, 0.1) is 0 Å². The molecule has 1 saturated heterocycles. The molecular weight excluding hydrogens is 93.0 g/mol. The summed E-state index contributed by atoms with van der Waals surface area (Å²) in [7, 11) is 4.75. The summed E-state index contributed by atoms with van der Waals surface area (Å²) in [6, 6.07) is 0. The highest BCUT2D eigenvalue weighted by atomic mass is 31.1. The molecule has 1 aliphatic heterocycles. The van der Waals surface area contributed by atoms with Crippen molar-refractivity contribution in [2.24, 2.45) is 0 Å². The van der Waals surface area contributed by atoms with Crippen molar-refractivity contribution in [2.45, 2.75) is 0 Å². The van der Waals surface area contributed by atoms with Gasteiger partial charge in [-0.2, -0.15) is 0 Å². The first kappa shape index (κ1) is 4.55. The Morgan fingerprint density at radius 1 is 1.33 bits per heavy atom. The third kappa shape index (κ3) is 0.924. The lowest BCUT2D eigenvalue weighted by Gasteiger charge is -2.03. The first-order valence-electron chi connectivity index (χ1n) is 2.23. The van der Waals surface area contributed by atoms with Crippen LogP contribution < -0.4 is 0 Å². The minimum Gasteiger partial charge on any atom is -0.288 e. The molecule has 0 spiro atoms. The van der Waals surface area contributed by atoms with E-state index in [0.29, 0.717) is 8.07 Å². The Morgan fingerprint density at radius 3 is 1.83 bits per heavy atom. The van der Waals surface area contributed by atoms with Crippen LogP contribution in [0.3, 0.4) is 0 Å². The van der Waals surface area contributed by atoms with Crippen LogP contribution in [0.4, 0.5) is 0 Å². The van der Waals surface area contributed by atoms with Crippen molar-refractivity contribution in [1.29, 1.82) is 0 Å². The second-order valence-corrected chi connectivity index (χ2v) is 4.51. The molecule has 6 heavy (non-hydrogen) atoms. The third-order valence-corrected chi connectivity index (χ3v) is 2.97. The Bertz CT molecular complexity index is 49.5. The van der Waals surface area contributed by atoms with Crippen LogP contribution in [-0.4, -0.2) is 31.1 Å². The summed E-state index contributed by atoms with van der Waals surface area (Å²) in [6.07, 6.45) is 2.98. The molecule has 36 valence electrons. The smallest absolute Gasteiger partial charge is 0.00972 e. The molecule has 1 heterocycles. The zero-order valence-corrected chi connectivity index (χ0v) is 5.20. The predicted molar refractivity (Wildman–Crippen MR) is 30.3 cm³/mol. The van der Waals surface area contributed by atoms with Crippen LogP contribution >= 0.6 is 8.07 Å². The fraction of sp³-hybridized carbons (Fsp3) is 1.00. The van der Waals surface area contributed by atoms with Crippen LogP contribution in [0.15, 0.2) is 0 Å². The molecule has 2 heteroatoms. The van der Waals surface area contributed by atoms with Crippen molar-refractivity contribution >= 4 is 8.07 Å². The lowest BCUT2D eigenvalue weighted by molar-refractivity contribution is 0.691. The summed E-state index contributed by atoms with van der Waals surface area (Å²) in [5.41, 5.74) is 0. The maximum Gasteiger partial charge on any atom is -0.00972 e. The Hall–Kier alpha value is 0.390. The normalized spacial score (nSPS) is 22.5. The molecule has 1 aliphatic rings. The first-order valence-corrected chi connectivity index (χ1v) is 3.89. The average Bonchev–Trinajstić information content (AvgIpc) is 2.06. The highest BCUT2D eigenvalue weighted by Gasteiger charge is 2.22. The summed E-state index contributed by atoms with van der Waals surface area (Å²) < 4.78 is 2.34. The zero-order valence-electron chi connectivity index (χ0n) is 4.31. The highest BCUT2D eigenvalue weighted by molar-refractivity contribution is 7.62. The molecular formula is C4H10NP. The Labute approximate surface area is 40.1 Å². The van der Waals surface area contributed by atoms with Gasteiger partial charge >= 0.3 is 0 Å². The van der Waals surface area contributed by atoms with E-state index in [1.807, 2.05) is 0 Å². The van der Waals surface area contributed by atoms with Gasteiger partial charge in [0.05, 0.1) is 0 Å². The largest absolute Gasteiger partial charge is 0.288 e. The van der Waals surface area contributed by atoms with Gasteiger partial charge in [-0.05, 0) is 34.5 Å². The summed E-state index contributed by atoms with van der Waals surface area (Å²) in [5, 5.41) is 0. The van der Waals surface area contributed by atoms with Gasteiger partial charge in [-0.15, -0.1) is 0 Å². The standard InChI is InChI=1S/C4H10NP/c1-5(2)6-3-4-6/h3-4H2,1-2H3. The van der Waals surface area contributed by atoms with Crippen LogP contribution in [0.2, 0.25) is 0 Å². The van der Waals surface area contributed by atoms with Crippen molar-refractivity contribution in [3.05, 3.63) is 0 Å². The van der Waals surface area contributed by atoms with E-state index in [0.717, 1.165) is 0 Å². The number of hydrogen-bond acceptors (Lipinski definition) is 1. The fourth-order valence-corrected chi connectivity index (χ4v) is 1.60. The monoisotopic (exact) mass is 103 g/mol. The van der Waals surface area contributed by atoms with Gasteiger partial charge in [0.2, 0.25) is 0 Å². The fourth-order valence-electron chi connectivity index (χ4n) is 0.445.